The molecule has 0 unspecified atom stereocenters. The Kier molecular flexibility index (Phi) is 8.21. The van der Waals surface area contributed by atoms with Crippen molar-refractivity contribution in [3.05, 3.63) is 64.4 Å². The molecule has 1 amide bonds. The highest BCUT2D eigenvalue weighted by Crippen LogP contribution is 2.42. The molecule has 29 heavy (non-hydrogen) atoms. The van der Waals surface area contributed by atoms with Gasteiger partial charge in [-0.2, -0.15) is 0 Å². The molecule has 0 heterocycles. The van der Waals surface area contributed by atoms with Gasteiger partial charge < -0.3 is 11.1 Å². The van der Waals surface area contributed by atoms with E-state index in [0.29, 0.717) is 27.7 Å². The fourth-order valence-corrected chi connectivity index (χ4v) is 3.05. The maximum absolute atomic E-state index is 13.7. The van der Waals surface area contributed by atoms with Gasteiger partial charge in [0.05, 0.1) is 12.4 Å². The van der Waals surface area contributed by atoms with E-state index in [0.717, 1.165) is 5.41 Å². The summed E-state index contributed by atoms with van der Waals surface area (Å²) >= 11 is 5.78. The zero-order valence-electron chi connectivity index (χ0n) is 17.3. The number of nitrogens with one attached hydrogen (secondary N) is 1. The van der Waals surface area contributed by atoms with Crippen LogP contribution in [-0.4, -0.2) is 11.7 Å². The van der Waals surface area contributed by atoms with E-state index in [1.54, 1.807) is 31.2 Å². The first kappa shape index (κ1) is 22.9. The van der Waals surface area contributed by atoms with Gasteiger partial charge in [0.2, 0.25) is 0 Å². The molecule has 1 aliphatic rings. The van der Waals surface area contributed by atoms with E-state index >= 15 is 0 Å². The Balaban J connectivity index is 0.000000360. The minimum atomic E-state index is -0.394. The van der Waals surface area contributed by atoms with Gasteiger partial charge in [0, 0.05) is 21.8 Å². The van der Waals surface area contributed by atoms with E-state index in [1.165, 1.54) is 43.9 Å². The molecule has 0 bridgehead atoms. The minimum absolute atomic E-state index is 0.124. The molecule has 3 rings (SSSR count). The molecule has 0 aromatic heterocycles. The van der Waals surface area contributed by atoms with Crippen LogP contribution in [0.3, 0.4) is 0 Å². The van der Waals surface area contributed by atoms with E-state index in [9.17, 15) is 9.18 Å². The van der Waals surface area contributed by atoms with Gasteiger partial charge in [-0.05, 0) is 67.6 Å². The van der Waals surface area contributed by atoms with Crippen molar-refractivity contribution >= 4 is 29.0 Å². The first-order valence-corrected chi connectivity index (χ1v) is 10.2. The fraction of sp³-hybridized carbons (Fsp3) is 0.391. The van der Waals surface area contributed by atoms with Gasteiger partial charge in [-0.3, -0.25) is 9.79 Å². The number of nitrogens with zero attached hydrogens (tertiary/aromatic N) is 1. The average molecular weight is 418 g/mol. The Morgan fingerprint density at radius 3 is 2.38 bits per heavy atom. The smallest absolute Gasteiger partial charge is 0.255 e. The Morgan fingerprint density at radius 1 is 1.24 bits per heavy atom. The van der Waals surface area contributed by atoms with Gasteiger partial charge in [-0.15, -0.1) is 0 Å². The van der Waals surface area contributed by atoms with Crippen molar-refractivity contribution < 1.29 is 9.18 Å². The number of carbonyl (C=O) groups is 1. The molecule has 2 aromatic rings. The number of nitrogens with two attached hydrogens (primary N) is 1. The largest absolute Gasteiger partial charge is 0.388 e. The minimum Gasteiger partial charge on any atom is -0.388 e. The standard InChI is InChI=1S/C16H15ClFN3O.C7H14/c1-10(19)20-9-12-8-14(6-7-15(12)18)21-16(22)11-2-4-13(17)5-3-11;1-3-7(2)5-4-6-7/h2-8H,9H2,1H3,(H2,19,20)(H,21,22);3-6H2,1-2H3. The van der Waals surface area contributed by atoms with Gasteiger partial charge >= 0.3 is 0 Å². The molecule has 3 N–H and O–H groups in total. The number of hydrogen-bond acceptors (Lipinski definition) is 2. The van der Waals surface area contributed by atoms with Crippen LogP contribution in [0, 0.1) is 11.2 Å². The summed E-state index contributed by atoms with van der Waals surface area (Å²) in [7, 11) is 0. The normalized spacial score (nSPS) is 15.0. The van der Waals surface area contributed by atoms with E-state index in [4.69, 9.17) is 17.3 Å². The number of carbonyl (C=O) groups excluding carboxylic acids is 1. The van der Waals surface area contributed by atoms with Crippen LogP contribution in [0.2, 0.25) is 5.02 Å². The molecule has 1 saturated carbocycles. The van der Waals surface area contributed by atoms with E-state index in [1.807, 2.05) is 0 Å². The molecular weight excluding hydrogens is 389 g/mol. The van der Waals surface area contributed by atoms with Crippen LogP contribution < -0.4 is 11.1 Å². The molecule has 0 atom stereocenters. The summed E-state index contributed by atoms with van der Waals surface area (Å²) in [5, 5.41) is 3.26. The number of amides is 1. The van der Waals surface area contributed by atoms with Crippen molar-refractivity contribution in [3.63, 3.8) is 0 Å². The van der Waals surface area contributed by atoms with Crippen LogP contribution in [0.4, 0.5) is 10.1 Å². The van der Waals surface area contributed by atoms with Crippen LogP contribution in [0.5, 0.6) is 0 Å². The van der Waals surface area contributed by atoms with Crippen LogP contribution in [0.15, 0.2) is 47.5 Å². The average Bonchev–Trinajstić information content (AvgIpc) is 2.67. The fourth-order valence-electron chi connectivity index (χ4n) is 2.92. The Hall–Kier alpha value is -2.40. The number of rotatable bonds is 5. The topological polar surface area (TPSA) is 67.5 Å². The van der Waals surface area contributed by atoms with Crippen molar-refractivity contribution in [2.75, 3.05) is 5.32 Å². The number of amidine groups is 1. The predicted molar refractivity (Wildman–Crippen MR) is 119 cm³/mol. The molecular formula is C23H29ClFN3O. The first-order valence-electron chi connectivity index (χ1n) is 9.84. The SMILES string of the molecule is CC(N)=NCc1cc(NC(=O)c2ccc(Cl)cc2)ccc1F.CCC1(C)CCC1. The van der Waals surface area contributed by atoms with E-state index in [2.05, 4.69) is 24.2 Å². The highest BCUT2D eigenvalue weighted by Gasteiger charge is 2.28. The number of anilines is 1. The third-order valence-electron chi connectivity index (χ3n) is 5.32. The predicted octanol–water partition coefficient (Wildman–Crippen LogP) is 6.20. The van der Waals surface area contributed by atoms with Crippen LogP contribution in [0.25, 0.3) is 0 Å². The number of halogens is 2. The zero-order chi connectivity index (χ0) is 21.4. The molecule has 0 spiro atoms. The lowest BCUT2D eigenvalue weighted by Gasteiger charge is -2.37. The monoisotopic (exact) mass is 417 g/mol. The third kappa shape index (κ3) is 7.17. The maximum Gasteiger partial charge on any atom is 0.255 e. The summed E-state index contributed by atoms with van der Waals surface area (Å²) in [6, 6.07) is 10.8. The molecule has 6 heteroatoms. The number of benzene rings is 2. The third-order valence-corrected chi connectivity index (χ3v) is 5.57. The Labute approximate surface area is 177 Å². The molecule has 1 aliphatic carbocycles. The number of aliphatic imine (C=N–C) groups is 1. The quantitative estimate of drug-likeness (QED) is 0.449. The molecule has 0 saturated heterocycles. The summed E-state index contributed by atoms with van der Waals surface area (Å²) in [4.78, 5) is 16.1. The van der Waals surface area contributed by atoms with Gasteiger partial charge in [0.15, 0.2) is 0 Å². The summed E-state index contributed by atoms with van der Waals surface area (Å²) in [6.07, 6.45) is 5.81. The Morgan fingerprint density at radius 2 is 1.90 bits per heavy atom. The molecule has 1 fully saturated rings. The van der Waals surface area contributed by atoms with Gasteiger partial charge in [0.25, 0.3) is 5.91 Å². The van der Waals surface area contributed by atoms with E-state index < -0.39 is 5.82 Å². The first-order chi connectivity index (χ1) is 13.7. The summed E-state index contributed by atoms with van der Waals surface area (Å²) in [5.74, 6) is -0.322. The molecule has 4 nitrogen and oxygen atoms in total. The second-order valence-corrected chi connectivity index (χ2v) is 8.18. The summed E-state index contributed by atoms with van der Waals surface area (Å²) < 4.78 is 13.7. The van der Waals surface area contributed by atoms with Crippen molar-refractivity contribution in [2.45, 2.75) is 53.0 Å². The molecule has 0 aliphatic heterocycles. The second-order valence-electron chi connectivity index (χ2n) is 7.74. The van der Waals surface area contributed by atoms with Crippen molar-refractivity contribution in [2.24, 2.45) is 16.1 Å². The number of hydrogen-bond donors (Lipinski definition) is 2. The lowest BCUT2D eigenvalue weighted by Crippen LogP contribution is -2.23. The highest BCUT2D eigenvalue weighted by molar-refractivity contribution is 6.30. The van der Waals surface area contributed by atoms with Crippen molar-refractivity contribution in [1.82, 2.24) is 0 Å². The van der Waals surface area contributed by atoms with Gasteiger partial charge in [-0.1, -0.05) is 38.3 Å². The maximum atomic E-state index is 13.7. The van der Waals surface area contributed by atoms with E-state index in [-0.39, 0.29) is 12.5 Å². The van der Waals surface area contributed by atoms with Crippen LogP contribution >= 0.6 is 11.6 Å². The Bertz CT molecular complexity index is 851. The molecule has 2 aromatic carbocycles. The van der Waals surface area contributed by atoms with Crippen molar-refractivity contribution in [1.29, 1.82) is 0 Å². The highest BCUT2D eigenvalue weighted by atomic mass is 35.5. The zero-order valence-corrected chi connectivity index (χ0v) is 18.0. The molecule has 0 radical (unpaired) electrons. The van der Waals surface area contributed by atoms with Crippen LogP contribution in [-0.2, 0) is 6.54 Å². The lowest BCUT2D eigenvalue weighted by atomic mass is 9.69. The second kappa shape index (κ2) is 10.4. The summed E-state index contributed by atoms with van der Waals surface area (Å²) in [5.41, 5.74) is 7.52. The summed E-state index contributed by atoms with van der Waals surface area (Å²) in [6.45, 7) is 6.43. The van der Waals surface area contributed by atoms with Gasteiger partial charge in [-0.25, -0.2) is 4.39 Å². The van der Waals surface area contributed by atoms with Gasteiger partial charge in [0.1, 0.15) is 5.82 Å². The van der Waals surface area contributed by atoms with Crippen molar-refractivity contribution in [3.8, 4) is 0 Å². The molecule has 156 valence electrons. The lowest BCUT2D eigenvalue weighted by molar-refractivity contribution is 0.102. The van der Waals surface area contributed by atoms with Crippen LogP contribution in [0.1, 0.15) is 62.4 Å².